The summed E-state index contributed by atoms with van der Waals surface area (Å²) in [5.41, 5.74) is 2.56. The molecule has 26 heavy (non-hydrogen) atoms. The Morgan fingerprint density at radius 2 is 1.69 bits per heavy atom. The quantitative estimate of drug-likeness (QED) is 0.846. The van der Waals surface area contributed by atoms with Gasteiger partial charge in [-0.25, -0.2) is 4.99 Å². The van der Waals surface area contributed by atoms with Crippen LogP contribution in [0.1, 0.15) is 31.0 Å². The highest BCUT2D eigenvalue weighted by atomic mass is 16.5. The van der Waals surface area contributed by atoms with Gasteiger partial charge in [-0.2, -0.15) is 0 Å². The smallest absolute Gasteiger partial charge is 0.288 e. The van der Waals surface area contributed by atoms with Crippen LogP contribution in [0.2, 0.25) is 0 Å². The molecule has 2 aromatic carbocycles. The van der Waals surface area contributed by atoms with E-state index in [1.807, 2.05) is 0 Å². The van der Waals surface area contributed by atoms with E-state index in [-0.39, 0.29) is 11.6 Å². The summed E-state index contributed by atoms with van der Waals surface area (Å²) in [7, 11) is 0. The topological polar surface area (TPSA) is 28.1 Å². The number of amidine groups is 1. The third-order valence-electron chi connectivity index (χ3n) is 5.10. The van der Waals surface area contributed by atoms with Crippen LogP contribution in [0.5, 0.6) is 0 Å². The van der Waals surface area contributed by atoms with Gasteiger partial charge < -0.3 is 9.64 Å². The Morgan fingerprint density at radius 3 is 2.35 bits per heavy atom. The lowest BCUT2D eigenvalue weighted by atomic mass is 10.0. The van der Waals surface area contributed by atoms with Gasteiger partial charge in [0.2, 0.25) is 0 Å². The molecule has 1 unspecified atom stereocenters. The summed E-state index contributed by atoms with van der Waals surface area (Å²) in [5.74, 6) is 0. The molecule has 4 nitrogen and oxygen atoms in total. The maximum atomic E-state index is 5.97. The van der Waals surface area contributed by atoms with E-state index in [1.54, 1.807) is 0 Å². The lowest BCUT2D eigenvalue weighted by Gasteiger charge is -2.42. The van der Waals surface area contributed by atoms with E-state index in [0.717, 1.165) is 32.2 Å². The second-order valence-electron chi connectivity index (χ2n) is 7.84. The molecule has 2 aliphatic rings. The van der Waals surface area contributed by atoms with Gasteiger partial charge in [-0.15, -0.1) is 0 Å². The molecule has 4 heteroatoms. The average Bonchev–Trinajstić information content (AvgIpc) is 3.03. The number of hydrogen-bond acceptors (Lipinski definition) is 4. The van der Waals surface area contributed by atoms with E-state index in [9.17, 15) is 0 Å². The minimum atomic E-state index is -0.127. The Morgan fingerprint density at radius 1 is 1.00 bits per heavy atom. The molecule has 0 saturated carbocycles. The average molecular weight is 349 g/mol. The fourth-order valence-electron chi connectivity index (χ4n) is 3.73. The zero-order valence-corrected chi connectivity index (χ0v) is 15.6. The number of hydrogen-bond donors (Lipinski definition) is 0. The van der Waals surface area contributed by atoms with Crippen LogP contribution in [0.25, 0.3) is 0 Å². The minimum absolute atomic E-state index is 0.127. The Bertz CT molecular complexity index is 757. The lowest BCUT2D eigenvalue weighted by molar-refractivity contribution is 0.0986. The molecule has 0 aromatic heterocycles. The molecule has 0 N–H and O–H groups in total. The molecule has 0 amide bonds. The van der Waals surface area contributed by atoms with E-state index in [1.165, 1.54) is 11.1 Å². The van der Waals surface area contributed by atoms with Crippen LogP contribution in [-0.2, 0) is 11.3 Å². The van der Waals surface area contributed by atoms with Crippen LogP contribution < -0.4 is 0 Å². The summed E-state index contributed by atoms with van der Waals surface area (Å²) < 4.78 is 5.97. The largest absolute Gasteiger partial charge is 0.463 e. The number of rotatable bonds is 3. The molecular weight excluding hydrogens is 322 g/mol. The number of benzene rings is 2. The first-order valence-corrected chi connectivity index (χ1v) is 9.41. The van der Waals surface area contributed by atoms with Crippen molar-refractivity contribution >= 4 is 6.02 Å². The minimum Gasteiger partial charge on any atom is -0.463 e. The summed E-state index contributed by atoms with van der Waals surface area (Å²) in [5, 5.41) is 0. The van der Waals surface area contributed by atoms with Crippen molar-refractivity contribution < 1.29 is 4.74 Å². The van der Waals surface area contributed by atoms with Crippen molar-refractivity contribution in [2.45, 2.75) is 32.0 Å². The van der Waals surface area contributed by atoms with Crippen LogP contribution in [0.4, 0.5) is 0 Å². The second kappa shape index (κ2) is 7.12. The highest BCUT2D eigenvalue weighted by Crippen LogP contribution is 2.30. The number of aliphatic imine (C=N–C) groups is 1. The molecule has 0 aliphatic carbocycles. The van der Waals surface area contributed by atoms with Crippen molar-refractivity contribution in [3.05, 3.63) is 71.8 Å². The van der Waals surface area contributed by atoms with Crippen LogP contribution in [0.15, 0.2) is 65.7 Å². The highest BCUT2D eigenvalue weighted by Gasteiger charge is 2.36. The maximum Gasteiger partial charge on any atom is 0.288 e. The zero-order valence-electron chi connectivity index (χ0n) is 15.6. The Kier molecular flexibility index (Phi) is 4.68. The van der Waals surface area contributed by atoms with Crippen LogP contribution >= 0.6 is 0 Å². The van der Waals surface area contributed by atoms with Crippen molar-refractivity contribution in [2.24, 2.45) is 4.99 Å². The highest BCUT2D eigenvalue weighted by molar-refractivity contribution is 5.76. The van der Waals surface area contributed by atoms with Crippen LogP contribution in [-0.4, -0.2) is 47.6 Å². The Balaban J connectivity index is 1.56. The van der Waals surface area contributed by atoms with Gasteiger partial charge in [0, 0.05) is 26.2 Å². The van der Waals surface area contributed by atoms with E-state index in [4.69, 9.17) is 9.73 Å². The molecule has 0 spiro atoms. The fraction of sp³-hybridized carbons (Fsp3) is 0.409. The van der Waals surface area contributed by atoms with Gasteiger partial charge in [0.25, 0.3) is 6.02 Å². The Hall–Kier alpha value is -2.33. The maximum absolute atomic E-state index is 5.97. The van der Waals surface area contributed by atoms with E-state index in [2.05, 4.69) is 84.3 Å². The van der Waals surface area contributed by atoms with E-state index >= 15 is 0 Å². The molecule has 1 fully saturated rings. The van der Waals surface area contributed by atoms with Crippen molar-refractivity contribution in [3.8, 4) is 0 Å². The van der Waals surface area contributed by atoms with E-state index in [0.29, 0.717) is 6.61 Å². The summed E-state index contributed by atoms with van der Waals surface area (Å²) in [6.45, 7) is 8.82. The van der Waals surface area contributed by atoms with Gasteiger partial charge in [0.05, 0.1) is 11.6 Å². The van der Waals surface area contributed by atoms with Gasteiger partial charge in [-0.3, -0.25) is 4.90 Å². The van der Waals surface area contributed by atoms with Crippen molar-refractivity contribution in [3.63, 3.8) is 0 Å². The third-order valence-corrected chi connectivity index (χ3v) is 5.10. The van der Waals surface area contributed by atoms with E-state index < -0.39 is 0 Å². The first-order valence-electron chi connectivity index (χ1n) is 9.41. The monoisotopic (exact) mass is 349 g/mol. The summed E-state index contributed by atoms with van der Waals surface area (Å²) >= 11 is 0. The molecule has 2 aromatic rings. The fourth-order valence-corrected chi connectivity index (χ4v) is 3.73. The summed E-state index contributed by atoms with van der Waals surface area (Å²) in [6, 6.07) is 22.5. The first-order chi connectivity index (χ1) is 12.6. The predicted molar refractivity (Wildman–Crippen MR) is 105 cm³/mol. The predicted octanol–water partition coefficient (Wildman–Crippen LogP) is 3.71. The van der Waals surface area contributed by atoms with Gasteiger partial charge in [0.1, 0.15) is 6.61 Å². The SMILES string of the molecule is CC1(C)COC(N2CCN(Cc3ccccc3)CC2c2ccccc2)=N1. The molecule has 4 rings (SSSR count). The molecule has 136 valence electrons. The summed E-state index contributed by atoms with van der Waals surface area (Å²) in [4.78, 5) is 9.72. The van der Waals surface area contributed by atoms with Crippen molar-refractivity contribution in [2.75, 3.05) is 26.2 Å². The molecule has 2 aliphatic heterocycles. The molecule has 0 bridgehead atoms. The Labute approximate surface area is 156 Å². The normalized spacial score (nSPS) is 22.8. The van der Waals surface area contributed by atoms with Crippen molar-refractivity contribution in [1.29, 1.82) is 0 Å². The summed E-state index contributed by atoms with van der Waals surface area (Å²) in [6.07, 6.45) is 0. The molecule has 2 heterocycles. The van der Waals surface area contributed by atoms with Gasteiger partial charge >= 0.3 is 0 Å². The number of ether oxygens (including phenoxy) is 1. The second-order valence-corrected chi connectivity index (χ2v) is 7.84. The standard InChI is InChI=1S/C22H27N3O/c1-22(2)17-26-21(23-22)25-14-13-24(15-18-9-5-3-6-10-18)16-20(25)19-11-7-4-8-12-19/h3-12,20H,13-17H2,1-2H3. The van der Waals surface area contributed by atoms with Gasteiger partial charge in [-0.1, -0.05) is 60.7 Å². The van der Waals surface area contributed by atoms with Crippen molar-refractivity contribution in [1.82, 2.24) is 9.80 Å². The zero-order chi connectivity index (χ0) is 18.0. The molecule has 1 saturated heterocycles. The van der Waals surface area contributed by atoms with Crippen LogP contribution in [0, 0.1) is 0 Å². The van der Waals surface area contributed by atoms with Crippen LogP contribution in [0.3, 0.4) is 0 Å². The van der Waals surface area contributed by atoms with Gasteiger partial charge in [-0.05, 0) is 25.0 Å². The van der Waals surface area contributed by atoms with Gasteiger partial charge in [0.15, 0.2) is 0 Å². The lowest BCUT2D eigenvalue weighted by Crippen LogP contribution is -2.50. The molecule has 0 radical (unpaired) electrons. The molecule has 1 atom stereocenters. The first kappa shape index (κ1) is 17.1. The molecular formula is C22H27N3O. The third kappa shape index (κ3) is 3.75. The number of nitrogens with zero attached hydrogens (tertiary/aromatic N) is 3. The number of piperazine rings is 1.